The molecule has 22 heavy (non-hydrogen) atoms. The number of hydrazone groups is 1. The number of benzene rings is 2. The second-order valence-corrected chi connectivity index (χ2v) is 4.91. The lowest BCUT2D eigenvalue weighted by Crippen LogP contribution is -2.15. The molecule has 0 aliphatic heterocycles. The molecule has 0 atom stereocenters. The zero-order valence-electron chi connectivity index (χ0n) is 13.1. The van der Waals surface area contributed by atoms with Gasteiger partial charge in [0.05, 0.1) is 24.6 Å². The summed E-state index contributed by atoms with van der Waals surface area (Å²) in [5, 5.41) is 6.42. The van der Waals surface area contributed by atoms with Crippen LogP contribution < -0.4 is 5.01 Å². The maximum absolute atomic E-state index is 11.4. The van der Waals surface area contributed by atoms with Gasteiger partial charge < -0.3 is 4.74 Å². The Morgan fingerprint density at radius 2 is 1.77 bits per heavy atom. The minimum atomic E-state index is -0.335. The van der Waals surface area contributed by atoms with E-state index in [1.807, 2.05) is 17.1 Å². The molecule has 2 aromatic carbocycles. The molecule has 0 aliphatic carbocycles. The maximum atomic E-state index is 11.4. The number of nitrogens with zero attached hydrogens (tertiary/aromatic N) is 2. The largest absolute Gasteiger partial charge is 0.465 e. The highest BCUT2D eigenvalue weighted by atomic mass is 16.5. The molecule has 0 saturated heterocycles. The Hall–Kier alpha value is -2.62. The Labute approximate surface area is 131 Å². The van der Waals surface area contributed by atoms with Crippen molar-refractivity contribution in [1.29, 1.82) is 0 Å². The van der Waals surface area contributed by atoms with Crippen molar-refractivity contribution in [3.05, 3.63) is 65.2 Å². The highest BCUT2D eigenvalue weighted by molar-refractivity contribution is 5.90. The average Bonchev–Trinajstić information content (AvgIpc) is 2.56. The van der Waals surface area contributed by atoms with E-state index in [0.717, 1.165) is 17.8 Å². The second-order valence-electron chi connectivity index (χ2n) is 4.91. The van der Waals surface area contributed by atoms with Gasteiger partial charge in [-0.1, -0.05) is 29.8 Å². The molecule has 114 valence electrons. The van der Waals surface area contributed by atoms with Crippen molar-refractivity contribution in [3.8, 4) is 0 Å². The van der Waals surface area contributed by atoms with Gasteiger partial charge in [0.15, 0.2) is 0 Å². The van der Waals surface area contributed by atoms with Crippen LogP contribution in [-0.2, 0) is 4.74 Å². The van der Waals surface area contributed by atoms with Crippen LogP contribution >= 0.6 is 0 Å². The van der Waals surface area contributed by atoms with Gasteiger partial charge >= 0.3 is 5.97 Å². The van der Waals surface area contributed by atoms with Gasteiger partial charge in [0, 0.05) is 6.54 Å². The lowest BCUT2D eigenvalue weighted by Gasteiger charge is -2.16. The first kappa shape index (κ1) is 15.8. The Bertz CT molecular complexity index is 646. The first-order chi connectivity index (χ1) is 10.6. The van der Waals surface area contributed by atoms with Crippen molar-refractivity contribution in [2.75, 3.05) is 18.7 Å². The van der Waals surface area contributed by atoms with E-state index in [1.165, 1.54) is 12.7 Å². The fraction of sp³-hybridized carbons (Fsp3) is 0.222. The van der Waals surface area contributed by atoms with Crippen molar-refractivity contribution in [2.45, 2.75) is 13.8 Å². The summed E-state index contributed by atoms with van der Waals surface area (Å²) in [5.74, 6) is -0.335. The number of esters is 1. The standard InChI is InChI=1S/C18H20N2O2/c1-4-20(17-11-5-14(2)6-12-17)19-13-15-7-9-16(10-8-15)18(21)22-3/h5-13H,4H2,1-3H3/b19-13-. The summed E-state index contributed by atoms with van der Waals surface area (Å²) >= 11 is 0. The van der Waals surface area contributed by atoms with Gasteiger partial charge in [-0.25, -0.2) is 4.79 Å². The molecular weight excluding hydrogens is 276 g/mol. The molecule has 0 N–H and O–H groups in total. The molecule has 2 aromatic rings. The van der Waals surface area contributed by atoms with Crippen LogP contribution in [0, 0.1) is 6.92 Å². The molecule has 0 aromatic heterocycles. The molecule has 4 nitrogen and oxygen atoms in total. The van der Waals surface area contributed by atoms with Gasteiger partial charge in [-0.05, 0) is 43.7 Å². The number of methoxy groups -OCH3 is 1. The number of hydrogen-bond acceptors (Lipinski definition) is 4. The van der Waals surface area contributed by atoms with Crippen molar-refractivity contribution >= 4 is 17.9 Å². The lowest BCUT2D eigenvalue weighted by molar-refractivity contribution is 0.0600. The lowest BCUT2D eigenvalue weighted by atomic mass is 10.1. The fourth-order valence-corrected chi connectivity index (χ4v) is 2.01. The van der Waals surface area contributed by atoms with E-state index in [0.29, 0.717) is 5.56 Å². The van der Waals surface area contributed by atoms with Crippen molar-refractivity contribution in [2.24, 2.45) is 5.10 Å². The first-order valence-corrected chi connectivity index (χ1v) is 7.20. The quantitative estimate of drug-likeness (QED) is 0.480. The van der Waals surface area contributed by atoms with Crippen LogP contribution in [0.1, 0.15) is 28.4 Å². The molecule has 2 rings (SSSR count). The van der Waals surface area contributed by atoms with E-state index in [2.05, 4.69) is 48.0 Å². The molecule has 0 unspecified atom stereocenters. The third kappa shape index (κ3) is 3.95. The van der Waals surface area contributed by atoms with E-state index in [4.69, 9.17) is 0 Å². The highest BCUT2D eigenvalue weighted by Crippen LogP contribution is 2.15. The summed E-state index contributed by atoms with van der Waals surface area (Å²) in [5.41, 5.74) is 3.74. The normalized spacial score (nSPS) is 10.7. The van der Waals surface area contributed by atoms with Gasteiger partial charge in [0.1, 0.15) is 0 Å². The van der Waals surface area contributed by atoms with E-state index < -0.39 is 0 Å². The van der Waals surface area contributed by atoms with Crippen molar-refractivity contribution in [1.82, 2.24) is 0 Å². The van der Waals surface area contributed by atoms with Crippen LogP contribution in [-0.4, -0.2) is 25.8 Å². The number of hydrogen-bond donors (Lipinski definition) is 0. The number of ether oxygens (including phenoxy) is 1. The zero-order chi connectivity index (χ0) is 15.9. The van der Waals surface area contributed by atoms with Gasteiger partial charge in [0.25, 0.3) is 0 Å². The Morgan fingerprint density at radius 3 is 2.32 bits per heavy atom. The first-order valence-electron chi connectivity index (χ1n) is 7.20. The van der Waals surface area contributed by atoms with Crippen LogP contribution in [0.5, 0.6) is 0 Å². The minimum Gasteiger partial charge on any atom is -0.465 e. The third-order valence-electron chi connectivity index (χ3n) is 3.31. The summed E-state index contributed by atoms with van der Waals surface area (Å²) in [4.78, 5) is 11.4. The number of anilines is 1. The predicted octanol–water partition coefficient (Wildman–Crippen LogP) is 3.64. The summed E-state index contributed by atoms with van der Waals surface area (Å²) in [6, 6.07) is 15.4. The van der Waals surface area contributed by atoms with Crippen LogP contribution in [0.2, 0.25) is 0 Å². The number of carbonyl (C=O) groups is 1. The summed E-state index contributed by atoms with van der Waals surface area (Å²) < 4.78 is 4.68. The molecule has 0 heterocycles. The molecule has 0 radical (unpaired) electrons. The van der Waals surface area contributed by atoms with Crippen LogP contribution in [0.3, 0.4) is 0 Å². The SMILES string of the molecule is CCN(/N=C\c1ccc(C(=O)OC)cc1)c1ccc(C)cc1. The smallest absolute Gasteiger partial charge is 0.337 e. The molecule has 0 saturated carbocycles. The van der Waals surface area contributed by atoms with E-state index in [-0.39, 0.29) is 5.97 Å². The average molecular weight is 296 g/mol. The van der Waals surface area contributed by atoms with Gasteiger partial charge in [-0.3, -0.25) is 5.01 Å². The zero-order valence-corrected chi connectivity index (χ0v) is 13.1. The number of carbonyl (C=O) groups excluding carboxylic acids is 1. The van der Waals surface area contributed by atoms with Gasteiger partial charge in [-0.2, -0.15) is 5.10 Å². The van der Waals surface area contributed by atoms with E-state index >= 15 is 0 Å². The monoisotopic (exact) mass is 296 g/mol. The molecule has 0 aliphatic rings. The van der Waals surface area contributed by atoms with Crippen LogP contribution in [0.15, 0.2) is 53.6 Å². The third-order valence-corrected chi connectivity index (χ3v) is 3.31. The fourth-order valence-electron chi connectivity index (χ4n) is 2.01. The molecular formula is C18H20N2O2. The Kier molecular flexibility index (Phi) is 5.31. The maximum Gasteiger partial charge on any atom is 0.337 e. The molecule has 0 fully saturated rings. The highest BCUT2D eigenvalue weighted by Gasteiger charge is 2.04. The number of rotatable bonds is 5. The molecule has 0 bridgehead atoms. The molecule has 4 heteroatoms. The van der Waals surface area contributed by atoms with Crippen molar-refractivity contribution < 1.29 is 9.53 Å². The second kappa shape index (κ2) is 7.41. The molecule has 0 spiro atoms. The predicted molar refractivity (Wildman–Crippen MR) is 89.6 cm³/mol. The van der Waals surface area contributed by atoms with E-state index in [1.54, 1.807) is 18.3 Å². The summed E-state index contributed by atoms with van der Waals surface area (Å²) in [7, 11) is 1.37. The van der Waals surface area contributed by atoms with E-state index in [9.17, 15) is 4.79 Å². The topological polar surface area (TPSA) is 41.9 Å². The minimum absolute atomic E-state index is 0.335. The van der Waals surface area contributed by atoms with Crippen molar-refractivity contribution in [3.63, 3.8) is 0 Å². The summed E-state index contributed by atoms with van der Waals surface area (Å²) in [6.07, 6.45) is 1.78. The Balaban J connectivity index is 2.11. The molecule has 0 amide bonds. The van der Waals surface area contributed by atoms with Crippen LogP contribution in [0.25, 0.3) is 0 Å². The van der Waals surface area contributed by atoms with Crippen LogP contribution in [0.4, 0.5) is 5.69 Å². The number of aryl methyl sites for hydroxylation is 1. The Morgan fingerprint density at radius 1 is 1.14 bits per heavy atom. The van der Waals surface area contributed by atoms with Gasteiger partial charge in [-0.15, -0.1) is 0 Å². The summed E-state index contributed by atoms with van der Waals surface area (Å²) in [6.45, 7) is 4.89. The van der Waals surface area contributed by atoms with Gasteiger partial charge in [0.2, 0.25) is 0 Å².